The van der Waals surface area contributed by atoms with Crippen LogP contribution in [0, 0.1) is 6.92 Å². The summed E-state index contributed by atoms with van der Waals surface area (Å²) in [6, 6.07) is 16.6. The van der Waals surface area contributed by atoms with Crippen LogP contribution in [0.25, 0.3) is 0 Å². The van der Waals surface area contributed by atoms with Gasteiger partial charge in [-0.2, -0.15) is 0 Å². The average Bonchev–Trinajstić information content (AvgIpc) is 2.72. The molecule has 0 aliphatic heterocycles. The van der Waals surface area contributed by atoms with Gasteiger partial charge in [-0.15, -0.1) is 0 Å². The number of rotatable bonds is 8. The van der Waals surface area contributed by atoms with Crippen LogP contribution < -0.4 is 14.8 Å². The summed E-state index contributed by atoms with van der Waals surface area (Å²) in [5, 5.41) is 3.58. The van der Waals surface area contributed by atoms with E-state index < -0.39 is 0 Å². The van der Waals surface area contributed by atoms with E-state index in [4.69, 9.17) is 21.1 Å². The van der Waals surface area contributed by atoms with Gasteiger partial charge in [0.15, 0.2) is 0 Å². The first-order valence-corrected chi connectivity index (χ1v) is 9.28. The van der Waals surface area contributed by atoms with E-state index in [0.717, 1.165) is 22.6 Å². The number of aryl methyl sites for hydroxylation is 1. The molecule has 0 saturated heterocycles. The Morgan fingerprint density at radius 1 is 0.964 bits per heavy atom. The predicted octanol–water partition coefficient (Wildman–Crippen LogP) is 4.43. The molecular weight excluding hydrogens is 376 g/mol. The molecule has 28 heavy (non-hydrogen) atoms. The zero-order valence-corrected chi connectivity index (χ0v) is 16.3. The molecule has 0 fully saturated rings. The lowest BCUT2D eigenvalue weighted by atomic mass is 10.1. The third kappa shape index (κ3) is 5.72. The Bertz CT molecular complexity index is 912. The molecular formula is C22H21ClN2O3. The monoisotopic (exact) mass is 396 g/mol. The molecule has 3 aromatic rings. The molecule has 0 unspecified atom stereocenters. The minimum atomic E-state index is -0.134. The summed E-state index contributed by atoms with van der Waals surface area (Å²) in [7, 11) is 0. The summed E-state index contributed by atoms with van der Waals surface area (Å²) in [6.07, 6.45) is 3.25. The Morgan fingerprint density at radius 2 is 1.57 bits per heavy atom. The van der Waals surface area contributed by atoms with Gasteiger partial charge in [0, 0.05) is 24.0 Å². The molecule has 3 rings (SSSR count). The lowest BCUT2D eigenvalue weighted by Gasteiger charge is -2.10. The van der Waals surface area contributed by atoms with Crippen LogP contribution in [0.1, 0.15) is 21.5 Å². The lowest BCUT2D eigenvalue weighted by molar-refractivity contribution is 0.0950. The molecule has 0 bridgehead atoms. The second-order valence-electron chi connectivity index (χ2n) is 6.17. The van der Waals surface area contributed by atoms with Crippen molar-refractivity contribution in [3.63, 3.8) is 0 Å². The molecule has 0 spiro atoms. The first kappa shape index (κ1) is 19.7. The van der Waals surface area contributed by atoms with Crippen molar-refractivity contribution in [2.45, 2.75) is 13.5 Å². The van der Waals surface area contributed by atoms with Gasteiger partial charge in [0.2, 0.25) is 0 Å². The van der Waals surface area contributed by atoms with E-state index in [-0.39, 0.29) is 5.91 Å². The summed E-state index contributed by atoms with van der Waals surface area (Å²) >= 11 is 5.84. The molecule has 1 aromatic heterocycles. The summed E-state index contributed by atoms with van der Waals surface area (Å²) in [6.45, 7) is 3.19. The molecule has 0 aliphatic carbocycles. The number of aromatic nitrogens is 1. The summed E-state index contributed by atoms with van der Waals surface area (Å²) in [5.74, 6) is 1.37. The van der Waals surface area contributed by atoms with Gasteiger partial charge in [-0.05, 0) is 60.5 Å². The molecule has 0 aliphatic rings. The van der Waals surface area contributed by atoms with Crippen molar-refractivity contribution in [2.24, 2.45) is 0 Å². The fraction of sp³-hybridized carbons (Fsp3) is 0.182. The smallest absolute Gasteiger partial charge is 0.253 e. The number of nitrogens with one attached hydrogen (secondary N) is 1. The third-order valence-corrected chi connectivity index (χ3v) is 4.35. The number of nitrogens with zero attached hydrogens (tertiary/aromatic N) is 1. The SMILES string of the molecule is Cc1ccncc1C(=O)NCc1ccc(OCCOc2ccc(Cl)cc2)cc1. The standard InChI is InChI=1S/C22H21ClN2O3/c1-16-10-11-24-15-21(16)22(26)25-14-17-2-6-19(7-3-17)27-12-13-28-20-8-4-18(23)5-9-20/h2-11,15H,12-14H2,1H3,(H,25,26). The number of pyridine rings is 1. The van der Waals surface area contributed by atoms with Crippen molar-refractivity contribution in [3.05, 3.63) is 88.7 Å². The van der Waals surface area contributed by atoms with Crippen LogP contribution >= 0.6 is 11.6 Å². The Labute approximate surface area is 169 Å². The van der Waals surface area contributed by atoms with E-state index in [2.05, 4.69) is 10.3 Å². The normalized spacial score (nSPS) is 10.4. The molecule has 5 nitrogen and oxygen atoms in total. The third-order valence-electron chi connectivity index (χ3n) is 4.09. The Morgan fingerprint density at radius 3 is 2.18 bits per heavy atom. The number of carbonyl (C=O) groups excluding carboxylic acids is 1. The van der Waals surface area contributed by atoms with Gasteiger partial charge in [-0.25, -0.2) is 0 Å². The number of amides is 1. The van der Waals surface area contributed by atoms with Crippen molar-refractivity contribution in [1.82, 2.24) is 10.3 Å². The van der Waals surface area contributed by atoms with Crippen molar-refractivity contribution in [2.75, 3.05) is 13.2 Å². The number of benzene rings is 2. The van der Waals surface area contributed by atoms with E-state index >= 15 is 0 Å². The highest BCUT2D eigenvalue weighted by Crippen LogP contribution is 2.16. The number of halogens is 1. The first-order chi connectivity index (χ1) is 13.6. The molecule has 1 amide bonds. The van der Waals surface area contributed by atoms with Crippen molar-refractivity contribution in [3.8, 4) is 11.5 Å². The summed E-state index contributed by atoms with van der Waals surface area (Å²) in [4.78, 5) is 16.2. The highest BCUT2D eigenvalue weighted by molar-refractivity contribution is 6.30. The fourth-order valence-corrected chi connectivity index (χ4v) is 2.66. The maximum atomic E-state index is 12.2. The van der Waals surface area contributed by atoms with Crippen LogP contribution in [0.2, 0.25) is 5.02 Å². The zero-order valence-electron chi connectivity index (χ0n) is 15.5. The highest BCUT2D eigenvalue weighted by Gasteiger charge is 2.08. The van der Waals surface area contributed by atoms with E-state index in [1.807, 2.05) is 49.4 Å². The first-order valence-electron chi connectivity index (χ1n) is 8.91. The Kier molecular flexibility index (Phi) is 6.87. The molecule has 6 heteroatoms. The minimum Gasteiger partial charge on any atom is -0.490 e. The summed E-state index contributed by atoms with van der Waals surface area (Å²) in [5.41, 5.74) is 2.47. The zero-order chi connectivity index (χ0) is 19.8. The maximum Gasteiger partial charge on any atom is 0.253 e. The number of hydrogen-bond donors (Lipinski definition) is 1. The van der Waals surface area contributed by atoms with Gasteiger partial charge in [0.05, 0.1) is 5.56 Å². The van der Waals surface area contributed by atoms with Gasteiger partial charge in [0.1, 0.15) is 24.7 Å². The summed E-state index contributed by atoms with van der Waals surface area (Å²) < 4.78 is 11.3. The van der Waals surface area contributed by atoms with Crippen LogP contribution in [-0.4, -0.2) is 24.1 Å². The molecule has 2 aromatic carbocycles. The van der Waals surface area contributed by atoms with Gasteiger partial charge in [-0.3, -0.25) is 9.78 Å². The van der Waals surface area contributed by atoms with Crippen LogP contribution in [-0.2, 0) is 6.54 Å². The van der Waals surface area contributed by atoms with Gasteiger partial charge < -0.3 is 14.8 Å². The molecule has 144 valence electrons. The number of ether oxygens (including phenoxy) is 2. The van der Waals surface area contributed by atoms with E-state index in [1.54, 1.807) is 24.5 Å². The molecule has 0 radical (unpaired) electrons. The molecule has 0 saturated carbocycles. The van der Waals surface area contributed by atoms with Crippen LogP contribution in [0.15, 0.2) is 67.0 Å². The van der Waals surface area contributed by atoms with Crippen LogP contribution in [0.5, 0.6) is 11.5 Å². The topological polar surface area (TPSA) is 60.5 Å². The van der Waals surface area contributed by atoms with Crippen LogP contribution in [0.3, 0.4) is 0 Å². The van der Waals surface area contributed by atoms with E-state index in [0.29, 0.717) is 30.3 Å². The Hall–Kier alpha value is -3.05. The second kappa shape index (κ2) is 9.76. The van der Waals surface area contributed by atoms with Crippen molar-refractivity contribution in [1.29, 1.82) is 0 Å². The minimum absolute atomic E-state index is 0.134. The van der Waals surface area contributed by atoms with Crippen molar-refractivity contribution >= 4 is 17.5 Å². The van der Waals surface area contributed by atoms with Gasteiger partial charge in [0.25, 0.3) is 5.91 Å². The largest absolute Gasteiger partial charge is 0.490 e. The molecule has 1 heterocycles. The van der Waals surface area contributed by atoms with Crippen LogP contribution in [0.4, 0.5) is 0 Å². The van der Waals surface area contributed by atoms with E-state index in [1.165, 1.54) is 0 Å². The number of carbonyl (C=O) groups is 1. The van der Waals surface area contributed by atoms with Gasteiger partial charge in [-0.1, -0.05) is 23.7 Å². The molecule has 0 atom stereocenters. The lowest BCUT2D eigenvalue weighted by Crippen LogP contribution is -2.23. The van der Waals surface area contributed by atoms with E-state index in [9.17, 15) is 4.79 Å². The Balaban J connectivity index is 1.41. The molecule has 1 N–H and O–H groups in total. The highest BCUT2D eigenvalue weighted by atomic mass is 35.5. The predicted molar refractivity (Wildman–Crippen MR) is 109 cm³/mol. The second-order valence-corrected chi connectivity index (χ2v) is 6.60. The quantitative estimate of drug-likeness (QED) is 0.572. The maximum absolute atomic E-state index is 12.2. The van der Waals surface area contributed by atoms with Crippen molar-refractivity contribution < 1.29 is 14.3 Å². The van der Waals surface area contributed by atoms with Gasteiger partial charge >= 0.3 is 0 Å². The fourth-order valence-electron chi connectivity index (χ4n) is 2.53. The number of hydrogen-bond acceptors (Lipinski definition) is 4. The average molecular weight is 397 g/mol.